The molecule has 0 saturated carbocycles. The van der Waals surface area contributed by atoms with E-state index in [1.54, 1.807) is 12.3 Å². The second-order valence-electron chi connectivity index (χ2n) is 6.30. The number of rotatable bonds is 6. The summed E-state index contributed by atoms with van der Waals surface area (Å²) in [5, 5.41) is 6.60. The molecule has 6 heteroatoms. The van der Waals surface area contributed by atoms with Gasteiger partial charge in [0.15, 0.2) is 0 Å². The van der Waals surface area contributed by atoms with Crippen molar-refractivity contribution in [2.45, 2.75) is 13.3 Å². The van der Waals surface area contributed by atoms with Crippen molar-refractivity contribution in [1.29, 1.82) is 0 Å². The van der Waals surface area contributed by atoms with Gasteiger partial charge in [0, 0.05) is 46.3 Å². The Morgan fingerprint density at radius 3 is 2.82 bits per heavy atom. The average molecular weight is 438 g/mol. The SMILES string of the molecule is Cc1ccc(Br)cc1NC(=O)CCNC(=O)/C=C/c1cccc2cccnc12. The van der Waals surface area contributed by atoms with Crippen molar-refractivity contribution in [3.8, 4) is 0 Å². The van der Waals surface area contributed by atoms with Crippen LogP contribution in [0.15, 0.2) is 65.3 Å². The summed E-state index contributed by atoms with van der Waals surface area (Å²) in [6.07, 6.45) is 5.11. The van der Waals surface area contributed by atoms with Crippen LogP contribution in [0.1, 0.15) is 17.5 Å². The van der Waals surface area contributed by atoms with Gasteiger partial charge in [-0.05, 0) is 36.8 Å². The van der Waals surface area contributed by atoms with Crippen molar-refractivity contribution >= 4 is 50.4 Å². The minimum atomic E-state index is -0.251. The fourth-order valence-corrected chi connectivity index (χ4v) is 3.09. The molecular weight excluding hydrogens is 418 g/mol. The van der Waals surface area contributed by atoms with Gasteiger partial charge < -0.3 is 10.6 Å². The Morgan fingerprint density at radius 1 is 1.14 bits per heavy atom. The maximum atomic E-state index is 12.1. The number of pyridine rings is 1. The third-order valence-electron chi connectivity index (χ3n) is 4.20. The predicted molar refractivity (Wildman–Crippen MR) is 116 cm³/mol. The van der Waals surface area contributed by atoms with E-state index in [1.165, 1.54) is 6.08 Å². The fourth-order valence-electron chi connectivity index (χ4n) is 2.73. The highest BCUT2D eigenvalue weighted by Gasteiger charge is 2.06. The lowest BCUT2D eigenvalue weighted by atomic mass is 10.1. The number of para-hydroxylation sites is 1. The zero-order chi connectivity index (χ0) is 19.9. The fraction of sp³-hybridized carbons (Fsp3) is 0.136. The molecule has 2 N–H and O–H groups in total. The van der Waals surface area contributed by atoms with Gasteiger partial charge >= 0.3 is 0 Å². The van der Waals surface area contributed by atoms with Crippen LogP contribution < -0.4 is 10.6 Å². The number of halogens is 1. The van der Waals surface area contributed by atoms with Crippen molar-refractivity contribution < 1.29 is 9.59 Å². The van der Waals surface area contributed by atoms with Gasteiger partial charge in [0.25, 0.3) is 0 Å². The number of benzene rings is 2. The number of carbonyl (C=O) groups is 2. The van der Waals surface area contributed by atoms with E-state index in [2.05, 4.69) is 31.5 Å². The average Bonchev–Trinajstić information content (AvgIpc) is 2.69. The van der Waals surface area contributed by atoms with Crippen molar-refractivity contribution in [3.63, 3.8) is 0 Å². The largest absolute Gasteiger partial charge is 0.352 e. The first-order chi connectivity index (χ1) is 13.5. The number of fused-ring (bicyclic) bond motifs is 1. The van der Waals surface area contributed by atoms with Crippen LogP contribution in [0.3, 0.4) is 0 Å². The molecule has 0 saturated heterocycles. The Morgan fingerprint density at radius 2 is 1.96 bits per heavy atom. The molecule has 0 aliphatic carbocycles. The van der Waals surface area contributed by atoms with Gasteiger partial charge in [0.2, 0.25) is 11.8 Å². The number of hydrogen-bond acceptors (Lipinski definition) is 3. The molecule has 0 spiro atoms. The maximum absolute atomic E-state index is 12.1. The third-order valence-corrected chi connectivity index (χ3v) is 4.70. The monoisotopic (exact) mass is 437 g/mol. The van der Waals surface area contributed by atoms with E-state index in [-0.39, 0.29) is 24.8 Å². The molecule has 0 unspecified atom stereocenters. The van der Waals surface area contributed by atoms with Gasteiger partial charge in [-0.25, -0.2) is 0 Å². The second kappa shape index (κ2) is 9.28. The van der Waals surface area contributed by atoms with E-state index >= 15 is 0 Å². The molecule has 3 rings (SSSR count). The normalized spacial score (nSPS) is 10.9. The smallest absolute Gasteiger partial charge is 0.244 e. The van der Waals surface area contributed by atoms with Gasteiger partial charge in [0.1, 0.15) is 0 Å². The molecule has 0 bridgehead atoms. The van der Waals surface area contributed by atoms with Crippen LogP contribution in [0.5, 0.6) is 0 Å². The van der Waals surface area contributed by atoms with Crippen LogP contribution in [-0.2, 0) is 9.59 Å². The summed E-state index contributed by atoms with van der Waals surface area (Å²) in [5.74, 6) is -0.400. The Kier molecular flexibility index (Phi) is 6.55. The second-order valence-corrected chi connectivity index (χ2v) is 7.22. The van der Waals surface area contributed by atoms with Crippen molar-refractivity contribution in [1.82, 2.24) is 10.3 Å². The Labute approximate surface area is 172 Å². The predicted octanol–water partition coefficient (Wildman–Crippen LogP) is 4.46. The molecule has 0 aliphatic rings. The molecule has 1 heterocycles. The van der Waals surface area contributed by atoms with Gasteiger partial charge in [-0.2, -0.15) is 0 Å². The quantitative estimate of drug-likeness (QED) is 0.559. The van der Waals surface area contributed by atoms with Gasteiger partial charge in [0.05, 0.1) is 5.52 Å². The summed E-state index contributed by atoms with van der Waals surface area (Å²) in [4.78, 5) is 28.5. The first-order valence-electron chi connectivity index (χ1n) is 8.88. The lowest BCUT2D eigenvalue weighted by Gasteiger charge is -2.09. The molecule has 0 atom stereocenters. The zero-order valence-corrected chi connectivity index (χ0v) is 17.0. The lowest BCUT2D eigenvalue weighted by Crippen LogP contribution is -2.26. The molecule has 0 fully saturated rings. The Hall–Kier alpha value is -2.99. The summed E-state index contributed by atoms with van der Waals surface area (Å²) in [6.45, 7) is 2.19. The van der Waals surface area contributed by atoms with Gasteiger partial charge in [-0.1, -0.05) is 46.3 Å². The molecule has 3 aromatic rings. The molecule has 28 heavy (non-hydrogen) atoms. The van der Waals surface area contributed by atoms with E-state index in [0.717, 1.165) is 32.2 Å². The topological polar surface area (TPSA) is 71.1 Å². The standard InChI is InChI=1S/C22H20BrN3O2/c1-15-7-9-18(23)14-19(15)26-21(28)11-13-24-20(27)10-8-17-5-2-4-16-6-3-12-25-22(16)17/h2-10,12,14H,11,13H2,1H3,(H,24,27)(H,26,28)/b10-8+. The molecule has 1 aromatic heterocycles. The van der Waals surface area contributed by atoms with E-state index in [0.29, 0.717) is 0 Å². The van der Waals surface area contributed by atoms with Crippen LogP contribution in [0, 0.1) is 6.92 Å². The number of aryl methyl sites for hydroxylation is 1. The third kappa shape index (κ3) is 5.27. The molecule has 2 aromatic carbocycles. The number of carbonyl (C=O) groups excluding carboxylic acids is 2. The lowest BCUT2D eigenvalue weighted by molar-refractivity contribution is -0.117. The molecule has 2 amide bonds. The molecule has 5 nitrogen and oxygen atoms in total. The van der Waals surface area contributed by atoms with Gasteiger partial charge in [-0.3, -0.25) is 14.6 Å². The summed E-state index contributed by atoms with van der Waals surface area (Å²) in [5.41, 5.74) is 3.45. The van der Waals surface area contributed by atoms with Crippen molar-refractivity contribution in [2.75, 3.05) is 11.9 Å². The van der Waals surface area contributed by atoms with E-state index in [1.807, 2.05) is 55.5 Å². The highest BCUT2D eigenvalue weighted by molar-refractivity contribution is 9.10. The number of anilines is 1. The number of nitrogens with one attached hydrogen (secondary N) is 2. The van der Waals surface area contributed by atoms with Crippen LogP contribution in [0.25, 0.3) is 17.0 Å². The summed E-state index contributed by atoms with van der Waals surface area (Å²) in [6, 6.07) is 15.4. The Balaban J connectivity index is 1.51. The summed E-state index contributed by atoms with van der Waals surface area (Å²) in [7, 11) is 0. The Bertz CT molecular complexity index is 1040. The van der Waals surface area contributed by atoms with Crippen molar-refractivity contribution in [2.24, 2.45) is 0 Å². The first-order valence-corrected chi connectivity index (χ1v) is 9.68. The maximum Gasteiger partial charge on any atom is 0.244 e. The van der Waals surface area contributed by atoms with Crippen LogP contribution in [0.2, 0.25) is 0 Å². The highest BCUT2D eigenvalue weighted by Crippen LogP contribution is 2.20. The van der Waals surface area contributed by atoms with E-state index < -0.39 is 0 Å². The zero-order valence-electron chi connectivity index (χ0n) is 15.4. The number of hydrogen-bond donors (Lipinski definition) is 2. The minimum Gasteiger partial charge on any atom is -0.352 e. The number of nitrogens with zero attached hydrogens (tertiary/aromatic N) is 1. The summed E-state index contributed by atoms with van der Waals surface area (Å²) < 4.78 is 0.898. The molecule has 0 radical (unpaired) electrons. The molecular formula is C22H20BrN3O2. The van der Waals surface area contributed by atoms with Crippen LogP contribution in [-0.4, -0.2) is 23.3 Å². The molecule has 142 valence electrons. The molecule has 0 aliphatic heterocycles. The summed E-state index contributed by atoms with van der Waals surface area (Å²) >= 11 is 3.39. The van der Waals surface area contributed by atoms with Crippen molar-refractivity contribution in [3.05, 3.63) is 76.4 Å². The van der Waals surface area contributed by atoms with E-state index in [9.17, 15) is 9.59 Å². The number of amides is 2. The van der Waals surface area contributed by atoms with Crippen LogP contribution in [0.4, 0.5) is 5.69 Å². The number of aromatic nitrogens is 1. The van der Waals surface area contributed by atoms with E-state index in [4.69, 9.17) is 0 Å². The van der Waals surface area contributed by atoms with Crippen LogP contribution >= 0.6 is 15.9 Å². The first kappa shape index (κ1) is 19.8. The van der Waals surface area contributed by atoms with Gasteiger partial charge in [-0.15, -0.1) is 0 Å². The highest BCUT2D eigenvalue weighted by atomic mass is 79.9. The minimum absolute atomic E-state index is 0.149.